The van der Waals surface area contributed by atoms with E-state index in [0.717, 1.165) is 16.8 Å². The Labute approximate surface area is 109 Å². The molecule has 98 valence electrons. The van der Waals surface area contributed by atoms with E-state index in [9.17, 15) is 4.79 Å². The Bertz CT molecular complexity index is 418. The number of carbonyl (C=O) groups excluding carboxylic acids is 1. The zero-order chi connectivity index (χ0) is 13.1. The van der Waals surface area contributed by atoms with Crippen LogP contribution in [0.5, 0.6) is 0 Å². The lowest BCUT2D eigenvalue weighted by Gasteiger charge is -2.14. The summed E-state index contributed by atoms with van der Waals surface area (Å²) in [6.07, 6.45) is 2.10. The molecule has 0 saturated heterocycles. The Hall–Kier alpha value is -1.35. The van der Waals surface area contributed by atoms with Crippen LogP contribution >= 0.6 is 0 Å². The first-order valence-electron chi connectivity index (χ1n) is 6.55. The highest BCUT2D eigenvalue weighted by atomic mass is 16.5. The van der Waals surface area contributed by atoms with Gasteiger partial charge in [-0.25, -0.2) is 0 Å². The van der Waals surface area contributed by atoms with Gasteiger partial charge in [-0.3, -0.25) is 4.79 Å². The third-order valence-electron chi connectivity index (χ3n) is 3.14. The van der Waals surface area contributed by atoms with Crippen LogP contribution in [0.4, 0.5) is 5.69 Å². The normalized spacial score (nSPS) is 16.4. The van der Waals surface area contributed by atoms with Crippen LogP contribution in [-0.4, -0.2) is 18.6 Å². The largest absolute Gasteiger partial charge is 0.368 e. The number of aryl methyl sites for hydroxylation is 2. The number of hydrogen-bond donors (Lipinski definition) is 1. The monoisotopic (exact) mass is 247 g/mol. The van der Waals surface area contributed by atoms with Gasteiger partial charge in [0, 0.05) is 5.69 Å². The van der Waals surface area contributed by atoms with Gasteiger partial charge in [-0.05, 0) is 62.8 Å². The fourth-order valence-electron chi connectivity index (χ4n) is 1.93. The lowest BCUT2D eigenvalue weighted by molar-refractivity contribution is -0.126. The van der Waals surface area contributed by atoms with E-state index in [1.54, 1.807) is 6.92 Å². The van der Waals surface area contributed by atoms with E-state index >= 15 is 0 Å². The third-order valence-corrected chi connectivity index (χ3v) is 3.14. The minimum absolute atomic E-state index is 0.0688. The molecule has 1 atom stereocenters. The molecule has 1 amide bonds. The minimum Gasteiger partial charge on any atom is -0.368 e. The average molecular weight is 247 g/mol. The van der Waals surface area contributed by atoms with Gasteiger partial charge in [0.15, 0.2) is 0 Å². The van der Waals surface area contributed by atoms with Gasteiger partial charge in [0.25, 0.3) is 5.91 Å². The van der Waals surface area contributed by atoms with E-state index in [0.29, 0.717) is 12.5 Å². The summed E-state index contributed by atoms with van der Waals surface area (Å²) in [4.78, 5) is 11.9. The lowest BCUT2D eigenvalue weighted by atomic mass is 10.1. The second-order valence-corrected chi connectivity index (χ2v) is 5.28. The highest BCUT2D eigenvalue weighted by Gasteiger charge is 2.24. The van der Waals surface area contributed by atoms with E-state index in [-0.39, 0.29) is 12.0 Å². The summed E-state index contributed by atoms with van der Waals surface area (Å²) in [5.41, 5.74) is 3.15. The summed E-state index contributed by atoms with van der Waals surface area (Å²) in [6, 6.07) is 6.03. The number of ether oxygens (including phenoxy) is 1. The van der Waals surface area contributed by atoms with Crippen LogP contribution in [0.25, 0.3) is 0 Å². The number of nitrogens with one attached hydrogen (secondary N) is 1. The molecule has 1 aromatic carbocycles. The molecule has 1 aliphatic carbocycles. The van der Waals surface area contributed by atoms with Crippen LogP contribution in [0, 0.1) is 19.8 Å². The van der Waals surface area contributed by atoms with Gasteiger partial charge in [0.1, 0.15) is 6.10 Å². The molecule has 0 bridgehead atoms. The van der Waals surface area contributed by atoms with E-state index in [1.807, 2.05) is 26.0 Å². The predicted molar refractivity (Wildman–Crippen MR) is 72.7 cm³/mol. The topological polar surface area (TPSA) is 38.3 Å². The fraction of sp³-hybridized carbons (Fsp3) is 0.533. The first-order chi connectivity index (χ1) is 8.54. The summed E-state index contributed by atoms with van der Waals surface area (Å²) in [7, 11) is 0. The molecular formula is C15H21NO2. The molecule has 1 unspecified atom stereocenters. The molecule has 2 rings (SSSR count). The summed E-state index contributed by atoms with van der Waals surface area (Å²) < 4.78 is 5.55. The van der Waals surface area contributed by atoms with E-state index in [1.165, 1.54) is 12.8 Å². The highest BCUT2D eigenvalue weighted by Crippen LogP contribution is 2.29. The van der Waals surface area contributed by atoms with E-state index < -0.39 is 0 Å². The van der Waals surface area contributed by atoms with Crippen molar-refractivity contribution in [3.8, 4) is 0 Å². The van der Waals surface area contributed by atoms with Crippen molar-refractivity contribution in [1.82, 2.24) is 0 Å². The molecule has 1 N–H and O–H groups in total. The zero-order valence-corrected chi connectivity index (χ0v) is 11.3. The average Bonchev–Trinajstić information content (AvgIpc) is 3.07. The Morgan fingerprint density at radius 2 is 1.94 bits per heavy atom. The maximum Gasteiger partial charge on any atom is 0.253 e. The number of rotatable bonds is 5. The first-order valence-corrected chi connectivity index (χ1v) is 6.55. The second-order valence-electron chi connectivity index (χ2n) is 5.28. The quantitative estimate of drug-likeness (QED) is 0.868. The summed E-state index contributed by atoms with van der Waals surface area (Å²) in [5.74, 6) is 0.613. The number of amides is 1. The van der Waals surface area contributed by atoms with Crippen molar-refractivity contribution in [3.05, 3.63) is 29.3 Å². The second kappa shape index (κ2) is 5.53. The van der Waals surface area contributed by atoms with Gasteiger partial charge in [0.2, 0.25) is 0 Å². The summed E-state index contributed by atoms with van der Waals surface area (Å²) in [6.45, 7) is 6.56. The standard InChI is InChI=1S/C15H21NO2/c1-10-6-11(2)8-14(7-10)16-15(17)12(3)18-9-13-4-5-13/h6-8,12-13H,4-5,9H2,1-3H3,(H,16,17). The van der Waals surface area contributed by atoms with Crippen molar-refractivity contribution in [2.75, 3.05) is 11.9 Å². The minimum atomic E-state index is -0.383. The van der Waals surface area contributed by atoms with Crippen LogP contribution in [-0.2, 0) is 9.53 Å². The zero-order valence-electron chi connectivity index (χ0n) is 11.3. The van der Waals surface area contributed by atoms with Crippen molar-refractivity contribution in [3.63, 3.8) is 0 Å². The SMILES string of the molecule is Cc1cc(C)cc(NC(=O)C(C)OCC2CC2)c1. The third kappa shape index (κ3) is 3.84. The molecule has 0 aliphatic heterocycles. The Kier molecular flexibility index (Phi) is 4.02. The van der Waals surface area contributed by atoms with Crippen LogP contribution in [0.3, 0.4) is 0 Å². The maximum atomic E-state index is 11.9. The van der Waals surface area contributed by atoms with Crippen LogP contribution < -0.4 is 5.32 Å². The van der Waals surface area contributed by atoms with Crippen LogP contribution in [0.1, 0.15) is 30.9 Å². The van der Waals surface area contributed by atoms with Gasteiger partial charge < -0.3 is 10.1 Å². The molecule has 1 aliphatic rings. The molecule has 0 spiro atoms. The molecular weight excluding hydrogens is 226 g/mol. The molecule has 0 heterocycles. The molecule has 1 fully saturated rings. The molecule has 1 saturated carbocycles. The Morgan fingerprint density at radius 1 is 1.33 bits per heavy atom. The number of carbonyl (C=O) groups is 1. The lowest BCUT2D eigenvalue weighted by Crippen LogP contribution is -2.28. The number of benzene rings is 1. The van der Waals surface area contributed by atoms with E-state index in [4.69, 9.17) is 4.74 Å². The van der Waals surface area contributed by atoms with Gasteiger partial charge in [-0.1, -0.05) is 6.07 Å². The van der Waals surface area contributed by atoms with Crippen LogP contribution in [0.2, 0.25) is 0 Å². The predicted octanol–water partition coefficient (Wildman–Crippen LogP) is 3.06. The van der Waals surface area contributed by atoms with Crippen LogP contribution in [0.15, 0.2) is 18.2 Å². The molecule has 3 nitrogen and oxygen atoms in total. The van der Waals surface area contributed by atoms with E-state index in [2.05, 4.69) is 11.4 Å². The summed E-state index contributed by atoms with van der Waals surface area (Å²) in [5, 5.41) is 2.90. The van der Waals surface area contributed by atoms with Crippen molar-refractivity contribution in [2.45, 2.75) is 39.7 Å². The fourth-order valence-corrected chi connectivity index (χ4v) is 1.93. The Balaban J connectivity index is 1.88. The number of hydrogen-bond acceptors (Lipinski definition) is 2. The van der Waals surface area contributed by atoms with Gasteiger partial charge in [-0.15, -0.1) is 0 Å². The van der Waals surface area contributed by atoms with Crippen molar-refractivity contribution in [1.29, 1.82) is 0 Å². The number of anilines is 1. The van der Waals surface area contributed by atoms with Crippen molar-refractivity contribution >= 4 is 11.6 Å². The van der Waals surface area contributed by atoms with Crippen molar-refractivity contribution in [2.24, 2.45) is 5.92 Å². The molecule has 18 heavy (non-hydrogen) atoms. The maximum absolute atomic E-state index is 11.9. The van der Waals surface area contributed by atoms with Gasteiger partial charge in [-0.2, -0.15) is 0 Å². The summed E-state index contributed by atoms with van der Waals surface area (Å²) >= 11 is 0. The first kappa shape index (κ1) is 13.1. The Morgan fingerprint density at radius 3 is 2.50 bits per heavy atom. The molecule has 1 aromatic rings. The van der Waals surface area contributed by atoms with Gasteiger partial charge >= 0.3 is 0 Å². The van der Waals surface area contributed by atoms with Gasteiger partial charge in [0.05, 0.1) is 6.61 Å². The molecule has 0 aromatic heterocycles. The highest BCUT2D eigenvalue weighted by molar-refractivity contribution is 5.94. The molecule has 3 heteroatoms. The molecule has 0 radical (unpaired) electrons. The smallest absolute Gasteiger partial charge is 0.253 e. The van der Waals surface area contributed by atoms with Crippen molar-refractivity contribution < 1.29 is 9.53 Å².